The van der Waals surface area contributed by atoms with Gasteiger partial charge in [0.05, 0.1) is 0 Å². The second-order valence-electron chi connectivity index (χ2n) is 6.77. The van der Waals surface area contributed by atoms with Gasteiger partial charge < -0.3 is 5.32 Å². The largest absolute Gasteiger partial charge is 0.313 e. The van der Waals surface area contributed by atoms with Gasteiger partial charge in [-0.15, -0.1) is 0 Å². The average molecular weight is 289 g/mol. The molecule has 110 valence electrons. The van der Waals surface area contributed by atoms with Crippen LogP contribution in [-0.4, -0.2) is 24.6 Å². The number of hydrogen-bond acceptors (Lipinski definition) is 2. The molecule has 2 heteroatoms. The van der Waals surface area contributed by atoms with E-state index in [1.807, 2.05) is 11.8 Å². The van der Waals surface area contributed by atoms with E-state index in [9.17, 15) is 0 Å². The Morgan fingerprint density at radius 2 is 1.75 bits per heavy atom. The molecule has 0 saturated heterocycles. The van der Waals surface area contributed by atoms with Crippen LogP contribution in [0, 0.1) is 17.8 Å². The minimum atomic E-state index is 0.756. The first kappa shape index (κ1) is 14.5. The Balaban J connectivity index is 1.66. The molecule has 1 aromatic rings. The molecule has 0 spiro atoms. The predicted octanol–water partition coefficient (Wildman–Crippen LogP) is 3.77. The SMILES string of the molecule is CSCC(C)CNC1C2CCC1Cc1ccccc1C2. The molecule has 1 saturated carbocycles. The number of fused-ring (bicyclic) bond motifs is 3. The topological polar surface area (TPSA) is 12.0 Å². The second kappa shape index (κ2) is 6.53. The Kier molecular flexibility index (Phi) is 4.72. The van der Waals surface area contributed by atoms with E-state index in [0.717, 1.165) is 23.8 Å². The molecular formula is C18H27NS. The third-order valence-electron chi connectivity index (χ3n) is 5.16. The summed E-state index contributed by atoms with van der Waals surface area (Å²) in [5.74, 6) is 3.79. The van der Waals surface area contributed by atoms with Crippen LogP contribution in [0.1, 0.15) is 30.9 Å². The van der Waals surface area contributed by atoms with Crippen LogP contribution in [0.5, 0.6) is 0 Å². The quantitative estimate of drug-likeness (QED) is 0.885. The van der Waals surface area contributed by atoms with Gasteiger partial charge in [-0.25, -0.2) is 0 Å². The summed E-state index contributed by atoms with van der Waals surface area (Å²) in [6.07, 6.45) is 7.64. The van der Waals surface area contributed by atoms with Gasteiger partial charge in [0.25, 0.3) is 0 Å². The zero-order chi connectivity index (χ0) is 13.9. The number of thioether (sulfide) groups is 1. The minimum Gasteiger partial charge on any atom is -0.313 e. The first-order valence-electron chi connectivity index (χ1n) is 8.07. The smallest absolute Gasteiger partial charge is 0.0130 e. The third-order valence-corrected chi connectivity index (χ3v) is 6.06. The summed E-state index contributed by atoms with van der Waals surface area (Å²) < 4.78 is 0. The van der Waals surface area contributed by atoms with Crippen molar-refractivity contribution >= 4 is 11.8 Å². The molecule has 2 aliphatic rings. The number of rotatable bonds is 5. The number of nitrogens with one attached hydrogen (secondary N) is 1. The minimum absolute atomic E-state index is 0.756. The Labute approximate surface area is 127 Å². The molecule has 20 heavy (non-hydrogen) atoms. The molecule has 3 rings (SSSR count). The van der Waals surface area contributed by atoms with Gasteiger partial charge in [-0.05, 0) is 73.1 Å². The predicted molar refractivity (Wildman–Crippen MR) is 89.4 cm³/mol. The van der Waals surface area contributed by atoms with Crippen molar-refractivity contribution in [3.63, 3.8) is 0 Å². The van der Waals surface area contributed by atoms with Gasteiger partial charge in [0.15, 0.2) is 0 Å². The van der Waals surface area contributed by atoms with Gasteiger partial charge >= 0.3 is 0 Å². The van der Waals surface area contributed by atoms with Crippen LogP contribution < -0.4 is 5.32 Å². The fraction of sp³-hybridized carbons (Fsp3) is 0.667. The highest BCUT2D eigenvalue weighted by atomic mass is 32.2. The van der Waals surface area contributed by atoms with E-state index in [0.29, 0.717) is 0 Å². The molecule has 0 aromatic heterocycles. The van der Waals surface area contributed by atoms with E-state index in [4.69, 9.17) is 0 Å². The fourth-order valence-corrected chi connectivity index (χ4v) is 4.85. The molecule has 0 radical (unpaired) electrons. The van der Waals surface area contributed by atoms with Crippen molar-refractivity contribution in [2.24, 2.45) is 17.8 Å². The van der Waals surface area contributed by atoms with Crippen molar-refractivity contribution in [2.45, 2.75) is 38.6 Å². The molecule has 2 bridgehead atoms. The van der Waals surface area contributed by atoms with Crippen LogP contribution in [0.25, 0.3) is 0 Å². The molecule has 1 N–H and O–H groups in total. The summed E-state index contributed by atoms with van der Waals surface area (Å²) in [5.41, 5.74) is 3.23. The highest BCUT2D eigenvalue weighted by Crippen LogP contribution is 2.40. The first-order valence-corrected chi connectivity index (χ1v) is 9.46. The normalized spacial score (nSPS) is 29.8. The van der Waals surface area contributed by atoms with Gasteiger partial charge in [0.2, 0.25) is 0 Å². The van der Waals surface area contributed by atoms with E-state index >= 15 is 0 Å². The van der Waals surface area contributed by atoms with Gasteiger partial charge in [0, 0.05) is 6.04 Å². The zero-order valence-corrected chi connectivity index (χ0v) is 13.6. The van der Waals surface area contributed by atoms with E-state index in [1.165, 1.54) is 38.0 Å². The molecule has 0 amide bonds. The molecular weight excluding hydrogens is 262 g/mol. The van der Waals surface area contributed by atoms with E-state index in [2.05, 4.69) is 42.8 Å². The summed E-state index contributed by atoms with van der Waals surface area (Å²) in [6, 6.07) is 9.88. The van der Waals surface area contributed by atoms with Crippen LogP contribution in [-0.2, 0) is 12.8 Å². The Bertz CT molecular complexity index is 412. The van der Waals surface area contributed by atoms with Crippen molar-refractivity contribution in [2.75, 3.05) is 18.6 Å². The van der Waals surface area contributed by atoms with Crippen molar-refractivity contribution < 1.29 is 0 Å². The summed E-state index contributed by atoms with van der Waals surface area (Å²) in [7, 11) is 0. The lowest BCUT2D eigenvalue weighted by Gasteiger charge is -2.25. The van der Waals surface area contributed by atoms with Crippen molar-refractivity contribution in [1.29, 1.82) is 0 Å². The molecule has 3 unspecified atom stereocenters. The van der Waals surface area contributed by atoms with Gasteiger partial charge in [-0.3, -0.25) is 0 Å². The lowest BCUT2D eigenvalue weighted by molar-refractivity contribution is 0.329. The Morgan fingerprint density at radius 3 is 2.30 bits per heavy atom. The maximum atomic E-state index is 3.93. The van der Waals surface area contributed by atoms with Gasteiger partial charge in [0.1, 0.15) is 0 Å². The number of hydrogen-bond donors (Lipinski definition) is 1. The first-order chi connectivity index (χ1) is 9.78. The van der Waals surface area contributed by atoms with Crippen LogP contribution >= 0.6 is 11.8 Å². The highest BCUT2D eigenvalue weighted by molar-refractivity contribution is 7.98. The maximum absolute atomic E-state index is 3.93. The highest BCUT2D eigenvalue weighted by Gasteiger charge is 2.38. The van der Waals surface area contributed by atoms with Crippen molar-refractivity contribution in [3.8, 4) is 0 Å². The molecule has 1 fully saturated rings. The third kappa shape index (κ3) is 3.07. The molecule has 3 atom stereocenters. The summed E-state index contributed by atoms with van der Waals surface area (Å²) >= 11 is 1.97. The second-order valence-corrected chi connectivity index (χ2v) is 7.68. The fourth-order valence-electron chi connectivity index (χ4n) is 4.16. The summed E-state index contributed by atoms with van der Waals surface area (Å²) in [6.45, 7) is 3.56. The number of benzene rings is 1. The maximum Gasteiger partial charge on any atom is 0.0130 e. The average Bonchev–Trinajstić information content (AvgIpc) is 2.71. The van der Waals surface area contributed by atoms with Crippen LogP contribution in [0.4, 0.5) is 0 Å². The molecule has 2 aliphatic carbocycles. The Morgan fingerprint density at radius 1 is 1.15 bits per heavy atom. The standard InChI is InChI=1S/C18H27NS/c1-13(12-20-2)11-19-18-16-7-8-17(18)10-15-6-4-3-5-14(15)9-16/h3-6,13,16-19H,7-12H2,1-2H3. The van der Waals surface area contributed by atoms with Crippen molar-refractivity contribution in [3.05, 3.63) is 35.4 Å². The summed E-state index contributed by atoms with van der Waals surface area (Å²) in [5, 5.41) is 3.93. The van der Waals surface area contributed by atoms with Gasteiger partial charge in [-0.2, -0.15) is 11.8 Å². The lowest BCUT2D eigenvalue weighted by atomic mass is 9.94. The molecule has 1 nitrogen and oxygen atoms in total. The summed E-state index contributed by atoms with van der Waals surface area (Å²) in [4.78, 5) is 0. The van der Waals surface area contributed by atoms with E-state index < -0.39 is 0 Å². The lowest BCUT2D eigenvalue weighted by Crippen LogP contribution is -2.40. The monoisotopic (exact) mass is 289 g/mol. The molecule has 0 heterocycles. The molecule has 1 aromatic carbocycles. The van der Waals surface area contributed by atoms with Crippen molar-refractivity contribution in [1.82, 2.24) is 5.32 Å². The van der Waals surface area contributed by atoms with E-state index in [1.54, 1.807) is 11.1 Å². The van der Waals surface area contributed by atoms with E-state index in [-0.39, 0.29) is 0 Å². The zero-order valence-electron chi connectivity index (χ0n) is 12.8. The van der Waals surface area contributed by atoms with Crippen LogP contribution in [0.2, 0.25) is 0 Å². The molecule has 0 aliphatic heterocycles. The Hall–Kier alpha value is -0.470. The van der Waals surface area contributed by atoms with Crippen LogP contribution in [0.15, 0.2) is 24.3 Å². The van der Waals surface area contributed by atoms with Crippen LogP contribution in [0.3, 0.4) is 0 Å². The van der Waals surface area contributed by atoms with Gasteiger partial charge in [-0.1, -0.05) is 31.2 Å².